The highest BCUT2D eigenvalue weighted by Crippen LogP contribution is 2.20. The number of nitrogens with zero attached hydrogens (tertiary/aromatic N) is 3. The maximum Gasteiger partial charge on any atom is 0.322 e. The van der Waals surface area contributed by atoms with Crippen LogP contribution in [0.5, 0.6) is 0 Å². The van der Waals surface area contributed by atoms with Gasteiger partial charge in [0.25, 0.3) is 0 Å². The zero-order valence-corrected chi connectivity index (χ0v) is 13.5. The van der Waals surface area contributed by atoms with Crippen LogP contribution in [0.15, 0.2) is 12.4 Å². The number of carbonyl (C=O) groups excluding carboxylic acids is 1. The number of methoxy groups -OCH3 is 1. The molecule has 1 aliphatic rings. The van der Waals surface area contributed by atoms with Gasteiger partial charge in [0, 0.05) is 42.9 Å². The van der Waals surface area contributed by atoms with Crippen molar-refractivity contribution in [2.75, 3.05) is 37.9 Å². The van der Waals surface area contributed by atoms with Crippen molar-refractivity contribution in [1.82, 2.24) is 14.7 Å². The SMILES string of the molecule is COCCn1cc(NC(=O)N2CCS(=O)C(C)(C)C2)cn1. The van der Waals surface area contributed by atoms with Gasteiger partial charge in [0.05, 0.1) is 29.8 Å². The van der Waals surface area contributed by atoms with Gasteiger partial charge >= 0.3 is 6.03 Å². The first-order chi connectivity index (χ1) is 9.92. The Morgan fingerprint density at radius 1 is 1.57 bits per heavy atom. The van der Waals surface area contributed by atoms with Crippen molar-refractivity contribution in [3.63, 3.8) is 0 Å². The van der Waals surface area contributed by atoms with E-state index in [0.29, 0.717) is 37.7 Å². The second-order valence-electron chi connectivity index (χ2n) is 5.65. The van der Waals surface area contributed by atoms with Gasteiger partial charge in [-0.1, -0.05) is 0 Å². The molecule has 1 saturated heterocycles. The van der Waals surface area contributed by atoms with Crippen LogP contribution < -0.4 is 5.32 Å². The molecule has 2 rings (SSSR count). The number of ether oxygens (including phenoxy) is 1. The van der Waals surface area contributed by atoms with E-state index in [2.05, 4.69) is 10.4 Å². The molecule has 1 N–H and O–H groups in total. The van der Waals surface area contributed by atoms with E-state index in [4.69, 9.17) is 4.74 Å². The van der Waals surface area contributed by atoms with Crippen LogP contribution in [0, 0.1) is 0 Å². The second-order valence-corrected chi connectivity index (χ2v) is 7.85. The van der Waals surface area contributed by atoms with Crippen molar-refractivity contribution in [3.8, 4) is 0 Å². The molecule has 1 aliphatic heterocycles. The fraction of sp³-hybridized carbons (Fsp3) is 0.692. The first-order valence-electron chi connectivity index (χ1n) is 6.88. The highest BCUT2D eigenvalue weighted by Gasteiger charge is 2.35. The molecule has 1 unspecified atom stereocenters. The Bertz CT molecular complexity index is 529. The zero-order chi connectivity index (χ0) is 15.5. The number of amides is 2. The molecule has 118 valence electrons. The van der Waals surface area contributed by atoms with Gasteiger partial charge in [0.15, 0.2) is 0 Å². The molecule has 0 radical (unpaired) electrons. The lowest BCUT2D eigenvalue weighted by Crippen LogP contribution is -2.53. The van der Waals surface area contributed by atoms with Gasteiger partial charge in [0.2, 0.25) is 0 Å². The predicted molar refractivity (Wildman–Crippen MR) is 81.8 cm³/mol. The minimum Gasteiger partial charge on any atom is -0.383 e. The second kappa shape index (κ2) is 6.57. The van der Waals surface area contributed by atoms with Crippen LogP contribution in [-0.4, -0.2) is 62.2 Å². The summed E-state index contributed by atoms with van der Waals surface area (Å²) in [4.78, 5) is 13.9. The average Bonchev–Trinajstić information content (AvgIpc) is 2.87. The van der Waals surface area contributed by atoms with E-state index in [-0.39, 0.29) is 10.8 Å². The smallest absolute Gasteiger partial charge is 0.322 e. The van der Waals surface area contributed by atoms with Crippen molar-refractivity contribution < 1.29 is 13.7 Å². The fourth-order valence-corrected chi connectivity index (χ4v) is 3.43. The fourth-order valence-electron chi connectivity index (χ4n) is 2.19. The molecule has 0 spiro atoms. The molecule has 1 atom stereocenters. The van der Waals surface area contributed by atoms with E-state index in [9.17, 15) is 9.00 Å². The zero-order valence-electron chi connectivity index (χ0n) is 12.7. The first-order valence-corrected chi connectivity index (χ1v) is 8.20. The molecule has 7 nitrogen and oxygen atoms in total. The van der Waals surface area contributed by atoms with Crippen LogP contribution in [0.3, 0.4) is 0 Å². The Labute approximate surface area is 127 Å². The summed E-state index contributed by atoms with van der Waals surface area (Å²) in [7, 11) is 0.747. The lowest BCUT2D eigenvalue weighted by Gasteiger charge is -2.37. The first kappa shape index (κ1) is 16.0. The summed E-state index contributed by atoms with van der Waals surface area (Å²) in [5, 5.41) is 6.97. The van der Waals surface area contributed by atoms with Gasteiger partial charge in [-0.15, -0.1) is 0 Å². The minimum absolute atomic E-state index is 0.175. The molecule has 0 bridgehead atoms. The highest BCUT2D eigenvalue weighted by atomic mass is 32.2. The Morgan fingerprint density at radius 3 is 3.00 bits per heavy atom. The highest BCUT2D eigenvalue weighted by molar-refractivity contribution is 7.86. The summed E-state index contributed by atoms with van der Waals surface area (Å²) < 4.78 is 18.2. The van der Waals surface area contributed by atoms with Crippen molar-refractivity contribution in [3.05, 3.63) is 12.4 Å². The standard InChI is InChI=1S/C13H22N4O3S/c1-13(2)10-16(5-7-21(13)19)12(18)15-11-8-14-17(9-11)4-6-20-3/h8-9H,4-7,10H2,1-3H3,(H,15,18). The summed E-state index contributed by atoms with van der Waals surface area (Å²) in [5.41, 5.74) is 0.653. The van der Waals surface area contributed by atoms with Crippen molar-refractivity contribution in [2.24, 2.45) is 0 Å². The Balaban J connectivity index is 1.92. The van der Waals surface area contributed by atoms with E-state index in [1.807, 2.05) is 13.8 Å². The third-order valence-electron chi connectivity index (χ3n) is 3.43. The topological polar surface area (TPSA) is 76.5 Å². The van der Waals surface area contributed by atoms with Crippen LogP contribution >= 0.6 is 0 Å². The summed E-state index contributed by atoms with van der Waals surface area (Å²) in [6.45, 7) is 6.06. The number of hydrogen-bond donors (Lipinski definition) is 1. The Morgan fingerprint density at radius 2 is 2.33 bits per heavy atom. The molecule has 1 fully saturated rings. The third-order valence-corrected chi connectivity index (χ3v) is 5.35. The number of anilines is 1. The molecule has 2 amide bonds. The van der Waals surface area contributed by atoms with E-state index in [1.165, 1.54) is 0 Å². The summed E-state index contributed by atoms with van der Waals surface area (Å²) in [5.74, 6) is 0.521. The Kier molecular flexibility index (Phi) is 5.00. The van der Waals surface area contributed by atoms with Gasteiger partial charge in [-0.05, 0) is 13.8 Å². The summed E-state index contributed by atoms with van der Waals surface area (Å²) in [6.07, 6.45) is 3.38. The number of carbonyl (C=O) groups is 1. The Hall–Kier alpha value is -1.41. The predicted octanol–water partition coefficient (Wildman–Crippen LogP) is 0.904. The molecular weight excluding hydrogens is 292 g/mol. The molecule has 1 aromatic heterocycles. The van der Waals surface area contributed by atoms with Gasteiger partial charge in [-0.3, -0.25) is 8.89 Å². The lowest BCUT2D eigenvalue weighted by atomic mass is 10.2. The van der Waals surface area contributed by atoms with E-state index in [1.54, 1.807) is 29.1 Å². The maximum atomic E-state index is 12.2. The van der Waals surface area contributed by atoms with E-state index >= 15 is 0 Å². The van der Waals surface area contributed by atoms with Crippen molar-refractivity contribution in [2.45, 2.75) is 25.1 Å². The quantitative estimate of drug-likeness (QED) is 0.896. The molecule has 21 heavy (non-hydrogen) atoms. The third kappa shape index (κ3) is 4.04. The number of rotatable bonds is 4. The van der Waals surface area contributed by atoms with Gasteiger partial charge in [-0.2, -0.15) is 5.10 Å². The minimum atomic E-state index is -0.886. The van der Waals surface area contributed by atoms with Crippen LogP contribution in [-0.2, 0) is 22.1 Å². The monoisotopic (exact) mass is 314 g/mol. The van der Waals surface area contributed by atoms with Gasteiger partial charge in [0.1, 0.15) is 0 Å². The molecule has 2 heterocycles. The molecule has 1 aromatic rings. The summed E-state index contributed by atoms with van der Waals surface area (Å²) in [6, 6.07) is -0.175. The van der Waals surface area contributed by atoms with Crippen molar-refractivity contribution in [1.29, 1.82) is 0 Å². The van der Waals surface area contributed by atoms with Gasteiger partial charge < -0.3 is 15.0 Å². The molecule has 0 aromatic carbocycles. The number of nitrogens with one attached hydrogen (secondary N) is 1. The number of hydrogen-bond acceptors (Lipinski definition) is 4. The maximum absolute atomic E-state index is 12.2. The molecule has 8 heteroatoms. The molecule has 0 aliphatic carbocycles. The summed E-state index contributed by atoms with van der Waals surface area (Å²) >= 11 is 0. The van der Waals surface area contributed by atoms with Gasteiger partial charge in [-0.25, -0.2) is 4.79 Å². The van der Waals surface area contributed by atoms with Crippen LogP contribution in [0.25, 0.3) is 0 Å². The number of aromatic nitrogens is 2. The van der Waals surface area contributed by atoms with Crippen LogP contribution in [0.4, 0.5) is 10.5 Å². The van der Waals surface area contributed by atoms with E-state index in [0.717, 1.165) is 0 Å². The number of urea groups is 1. The normalized spacial score (nSPS) is 21.3. The average molecular weight is 314 g/mol. The molecular formula is C13H22N4O3S. The largest absolute Gasteiger partial charge is 0.383 e. The van der Waals surface area contributed by atoms with Crippen molar-refractivity contribution >= 4 is 22.5 Å². The lowest BCUT2D eigenvalue weighted by molar-refractivity contribution is 0.183. The van der Waals surface area contributed by atoms with Crippen LogP contribution in [0.2, 0.25) is 0 Å². The van der Waals surface area contributed by atoms with Crippen LogP contribution in [0.1, 0.15) is 13.8 Å². The molecule has 0 saturated carbocycles. The van der Waals surface area contributed by atoms with E-state index < -0.39 is 10.8 Å².